The van der Waals surface area contributed by atoms with Gasteiger partial charge in [0.05, 0.1) is 24.0 Å². The van der Waals surface area contributed by atoms with Crippen LogP contribution >= 0.6 is 11.6 Å². The van der Waals surface area contributed by atoms with Gasteiger partial charge in [-0.3, -0.25) is 0 Å². The topological polar surface area (TPSA) is 47.1 Å². The quantitative estimate of drug-likeness (QED) is 0.469. The summed E-state index contributed by atoms with van der Waals surface area (Å²) in [4.78, 5) is 7.72. The molecule has 0 unspecified atom stereocenters. The third-order valence-corrected chi connectivity index (χ3v) is 4.45. The first-order chi connectivity index (χ1) is 12.8. The molecule has 0 aliphatic rings. The van der Waals surface area contributed by atoms with E-state index in [1.165, 1.54) is 25.3 Å². The molecule has 0 saturated carbocycles. The standard InChI is InChI=1S/C19H12ClF3N2O2/c1-26-16-7-3-10-2-5-14(25-18(10)17(16)20)15-9-11-8-12(27-19(21,22)23)4-6-13(11)24-15/h2-9,24H,1H3. The van der Waals surface area contributed by atoms with Crippen molar-refractivity contribution in [2.24, 2.45) is 0 Å². The minimum absolute atomic E-state index is 0.278. The van der Waals surface area contributed by atoms with E-state index in [0.717, 1.165) is 5.39 Å². The molecule has 2 heterocycles. The SMILES string of the molecule is COc1ccc2ccc(-c3cc4cc(OC(F)(F)F)ccc4[nH]3)nc2c1Cl. The van der Waals surface area contributed by atoms with Crippen molar-refractivity contribution in [3.05, 3.63) is 53.6 Å². The fourth-order valence-corrected chi connectivity index (χ4v) is 3.18. The molecule has 27 heavy (non-hydrogen) atoms. The van der Waals surface area contributed by atoms with Gasteiger partial charge in [0.1, 0.15) is 16.5 Å². The summed E-state index contributed by atoms with van der Waals surface area (Å²) in [7, 11) is 1.52. The van der Waals surface area contributed by atoms with Gasteiger partial charge in [0.25, 0.3) is 0 Å². The van der Waals surface area contributed by atoms with E-state index in [4.69, 9.17) is 16.3 Å². The van der Waals surface area contributed by atoms with E-state index in [1.54, 1.807) is 12.1 Å². The maximum absolute atomic E-state index is 12.4. The fourth-order valence-electron chi connectivity index (χ4n) is 2.89. The van der Waals surface area contributed by atoms with Gasteiger partial charge in [-0.15, -0.1) is 13.2 Å². The van der Waals surface area contributed by atoms with E-state index in [0.29, 0.717) is 38.6 Å². The maximum atomic E-state index is 12.4. The predicted molar refractivity (Wildman–Crippen MR) is 97.3 cm³/mol. The highest BCUT2D eigenvalue weighted by molar-refractivity contribution is 6.36. The highest BCUT2D eigenvalue weighted by Crippen LogP contribution is 2.34. The molecule has 0 aliphatic heterocycles. The van der Waals surface area contributed by atoms with E-state index in [-0.39, 0.29) is 5.75 Å². The molecule has 4 nitrogen and oxygen atoms in total. The lowest BCUT2D eigenvalue weighted by Crippen LogP contribution is -2.16. The molecule has 0 fully saturated rings. The molecule has 2 aromatic carbocycles. The summed E-state index contributed by atoms with van der Waals surface area (Å²) in [5.74, 6) is 0.235. The highest BCUT2D eigenvalue weighted by Gasteiger charge is 2.31. The number of pyridine rings is 1. The number of hydrogen-bond acceptors (Lipinski definition) is 3. The number of aromatic nitrogens is 2. The first-order valence-electron chi connectivity index (χ1n) is 7.86. The summed E-state index contributed by atoms with van der Waals surface area (Å²) in [6.45, 7) is 0. The Morgan fingerprint density at radius 1 is 1.00 bits per heavy atom. The summed E-state index contributed by atoms with van der Waals surface area (Å²) in [6, 6.07) is 13.1. The Bertz CT molecular complexity index is 1160. The van der Waals surface area contributed by atoms with Crippen molar-refractivity contribution < 1.29 is 22.6 Å². The van der Waals surface area contributed by atoms with Gasteiger partial charge in [0.2, 0.25) is 0 Å². The molecule has 0 bridgehead atoms. The zero-order valence-corrected chi connectivity index (χ0v) is 14.7. The van der Waals surface area contributed by atoms with Crippen LogP contribution in [0, 0.1) is 0 Å². The Balaban J connectivity index is 1.78. The number of nitrogens with one attached hydrogen (secondary N) is 1. The van der Waals surface area contributed by atoms with Crippen molar-refractivity contribution in [3.8, 4) is 22.9 Å². The first-order valence-corrected chi connectivity index (χ1v) is 8.24. The minimum Gasteiger partial charge on any atom is -0.495 e. The molecule has 0 amide bonds. The number of rotatable bonds is 3. The minimum atomic E-state index is -4.73. The molecule has 8 heteroatoms. The smallest absolute Gasteiger partial charge is 0.495 e. The molecule has 0 aliphatic carbocycles. The summed E-state index contributed by atoms with van der Waals surface area (Å²) in [5, 5.41) is 1.82. The summed E-state index contributed by atoms with van der Waals surface area (Å²) >= 11 is 6.34. The van der Waals surface area contributed by atoms with Crippen molar-refractivity contribution in [1.29, 1.82) is 0 Å². The summed E-state index contributed by atoms with van der Waals surface area (Å²) in [6.07, 6.45) is -4.73. The van der Waals surface area contributed by atoms with Crippen molar-refractivity contribution in [3.63, 3.8) is 0 Å². The average Bonchev–Trinajstić information content (AvgIpc) is 3.04. The lowest BCUT2D eigenvalue weighted by molar-refractivity contribution is -0.274. The molecular weight excluding hydrogens is 381 g/mol. The van der Waals surface area contributed by atoms with Crippen LogP contribution in [-0.2, 0) is 0 Å². The van der Waals surface area contributed by atoms with Crippen LogP contribution in [0.4, 0.5) is 13.2 Å². The number of alkyl halides is 3. The van der Waals surface area contributed by atoms with E-state index in [9.17, 15) is 13.2 Å². The lowest BCUT2D eigenvalue weighted by Gasteiger charge is -2.08. The van der Waals surface area contributed by atoms with Crippen molar-refractivity contribution in [1.82, 2.24) is 9.97 Å². The Hall–Kier alpha value is -2.93. The molecule has 0 spiro atoms. The van der Waals surface area contributed by atoms with Crippen LogP contribution in [0.2, 0.25) is 5.02 Å². The van der Waals surface area contributed by atoms with Crippen molar-refractivity contribution in [2.75, 3.05) is 7.11 Å². The zero-order valence-electron chi connectivity index (χ0n) is 13.9. The van der Waals surface area contributed by atoms with Gasteiger partial charge in [-0.25, -0.2) is 4.98 Å². The number of nitrogens with zero attached hydrogens (tertiary/aromatic N) is 1. The van der Waals surface area contributed by atoms with Gasteiger partial charge >= 0.3 is 6.36 Å². The molecule has 1 N–H and O–H groups in total. The second-order valence-corrected chi connectivity index (χ2v) is 6.21. The fraction of sp³-hybridized carbons (Fsp3) is 0.105. The van der Waals surface area contributed by atoms with Gasteiger partial charge in [-0.2, -0.15) is 0 Å². The number of methoxy groups -OCH3 is 1. The Morgan fingerprint density at radius 3 is 2.52 bits per heavy atom. The molecule has 4 rings (SSSR count). The Kier molecular flexibility index (Phi) is 4.11. The van der Waals surface area contributed by atoms with Crippen LogP contribution in [0.1, 0.15) is 0 Å². The van der Waals surface area contributed by atoms with E-state index < -0.39 is 6.36 Å². The van der Waals surface area contributed by atoms with E-state index >= 15 is 0 Å². The monoisotopic (exact) mass is 392 g/mol. The van der Waals surface area contributed by atoms with Crippen LogP contribution in [0.3, 0.4) is 0 Å². The van der Waals surface area contributed by atoms with Gasteiger partial charge < -0.3 is 14.5 Å². The van der Waals surface area contributed by atoms with Crippen LogP contribution in [0.25, 0.3) is 33.2 Å². The van der Waals surface area contributed by atoms with Crippen LogP contribution in [0.5, 0.6) is 11.5 Å². The summed E-state index contributed by atoms with van der Waals surface area (Å²) in [5.41, 5.74) is 2.49. The number of benzene rings is 2. The molecular formula is C19H12ClF3N2O2. The molecule has 0 atom stereocenters. The highest BCUT2D eigenvalue weighted by atomic mass is 35.5. The van der Waals surface area contributed by atoms with Crippen LogP contribution in [-0.4, -0.2) is 23.4 Å². The zero-order chi connectivity index (χ0) is 19.2. The molecule has 138 valence electrons. The van der Waals surface area contributed by atoms with Crippen molar-refractivity contribution >= 4 is 33.4 Å². The lowest BCUT2D eigenvalue weighted by atomic mass is 10.1. The normalized spacial score (nSPS) is 11.9. The number of fused-ring (bicyclic) bond motifs is 2. The molecule has 4 aromatic rings. The summed E-state index contributed by atoms with van der Waals surface area (Å²) < 4.78 is 46.4. The number of H-pyrrole nitrogens is 1. The van der Waals surface area contributed by atoms with E-state index in [1.807, 2.05) is 18.2 Å². The van der Waals surface area contributed by atoms with Gasteiger partial charge in [-0.1, -0.05) is 17.7 Å². The third-order valence-electron chi connectivity index (χ3n) is 4.09. The molecule has 0 saturated heterocycles. The number of aromatic amines is 1. The Labute approximate surface area is 156 Å². The van der Waals surface area contributed by atoms with Crippen molar-refractivity contribution in [2.45, 2.75) is 6.36 Å². The molecule has 0 radical (unpaired) electrons. The van der Waals surface area contributed by atoms with E-state index in [2.05, 4.69) is 14.7 Å². The third kappa shape index (κ3) is 3.38. The number of hydrogen-bond donors (Lipinski definition) is 1. The van der Waals surface area contributed by atoms with Gasteiger partial charge in [0.15, 0.2) is 0 Å². The number of ether oxygens (including phenoxy) is 2. The molecule has 2 aromatic heterocycles. The second-order valence-electron chi connectivity index (χ2n) is 5.83. The van der Waals surface area contributed by atoms with Gasteiger partial charge in [0, 0.05) is 16.3 Å². The number of halogens is 4. The largest absolute Gasteiger partial charge is 0.573 e. The van der Waals surface area contributed by atoms with Gasteiger partial charge in [-0.05, 0) is 42.5 Å². The second kappa shape index (κ2) is 6.35. The van der Waals surface area contributed by atoms with Crippen LogP contribution in [0.15, 0.2) is 48.5 Å². The predicted octanol–water partition coefficient (Wildman–Crippen LogP) is 5.94. The maximum Gasteiger partial charge on any atom is 0.573 e. The van der Waals surface area contributed by atoms with Crippen LogP contribution < -0.4 is 9.47 Å². The Morgan fingerprint density at radius 2 is 1.78 bits per heavy atom. The average molecular weight is 393 g/mol. The first kappa shape index (κ1) is 17.5.